The quantitative estimate of drug-likeness (QED) is 0.765. The highest BCUT2D eigenvalue weighted by atomic mass is 35.5. The monoisotopic (exact) mass is 236 g/mol. The lowest BCUT2D eigenvalue weighted by Gasteiger charge is -2.16. The van der Waals surface area contributed by atoms with Gasteiger partial charge in [-0.2, -0.15) is 0 Å². The van der Waals surface area contributed by atoms with E-state index in [0.717, 1.165) is 25.2 Å². The van der Waals surface area contributed by atoms with Gasteiger partial charge in [-0.3, -0.25) is 0 Å². The average molecular weight is 237 g/mol. The summed E-state index contributed by atoms with van der Waals surface area (Å²) >= 11 is 5.60. The first kappa shape index (κ1) is 11.3. The summed E-state index contributed by atoms with van der Waals surface area (Å²) in [7, 11) is 0. The van der Waals surface area contributed by atoms with Crippen LogP contribution in [0.25, 0.3) is 0 Å². The van der Waals surface area contributed by atoms with Crippen molar-refractivity contribution in [2.45, 2.75) is 18.9 Å². The van der Waals surface area contributed by atoms with Crippen LogP contribution >= 0.6 is 11.6 Å². The second kappa shape index (κ2) is 5.26. The normalized spacial score (nSPS) is 14.6. The average Bonchev–Trinajstić information content (AvgIpc) is 2.68. The van der Waals surface area contributed by atoms with Crippen molar-refractivity contribution >= 4 is 11.6 Å². The van der Waals surface area contributed by atoms with Crippen LogP contribution in [-0.2, 0) is 12.8 Å². The van der Waals surface area contributed by atoms with Gasteiger partial charge >= 0.3 is 0 Å². The van der Waals surface area contributed by atoms with Crippen LogP contribution in [0.3, 0.4) is 0 Å². The molecule has 0 saturated heterocycles. The van der Waals surface area contributed by atoms with E-state index in [1.54, 1.807) is 0 Å². The van der Waals surface area contributed by atoms with E-state index in [2.05, 4.69) is 41.5 Å². The van der Waals surface area contributed by atoms with E-state index in [4.69, 9.17) is 11.6 Å². The molecule has 0 spiro atoms. The lowest BCUT2D eigenvalue weighted by atomic mass is 10.1. The van der Waals surface area contributed by atoms with Crippen LogP contribution in [0.1, 0.15) is 11.1 Å². The lowest BCUT2D eigenvalue weighted by Crippen LogP contribution is -2.35. The summed E-state index contributed by atoms with van der Waals surface area (Å²) in [4.78, 5) is 0. The highest BCUT2D eigenvalue weighted by Gasteiger charge is 2.20. The Labute approximate surface area is 102 Å². The topological polar surface area (TPSA) is 24.1 Å². The SMILES string of the molecule is C=C(NCCCl)NC1Cc2ccccc2C1. The van der Waals surface area contributed by atoms with E-state index < -0.39 is 0 Å². The molecular formula is C13H17ClN2. The van der Waals surface area contributed by atoms with Gasteiger partial charge in [-0.15, -0.1) is 11.6 Å². The predicted octanol–water partition coefficient (Wildman–Crippen LogP) is 2.04. The third-order valence-electron chi connectivity index (χ3n) is 2.86. The highest BCUT2D eigenvalue weighted by molar-refractivity contribution is 6.18. The Kier molecular flexibility index (Phi) is 3.73. The van der Waals surface area contributed by atoms with Crippen molar-refractivity contribution in [3.63, 3.8) is 0 Å². The van der Waals surface area contributed by atoms with Crippen molar-refractivity contribution in [1.29, 1.82) is 0 Å². The molecule has 1 aliphatic rings. The zero-order valence-electron chi connectivity index (χ0n) is 9.30. The predicted molar refractivity (Wildman–Crippen MR) is 68.6 cm³/mol. The number of nitrogens with one attached hydrogen (secondary N) is 2. The Bertz CT molecular complexity index is 351. The fraction of sp³-hybridized carbons (Fsp3) is 0.385. The molecule has 0 atom stereocenters. The van der Waals surface area contributed by atoms with Crippen LogP contribution in [0.15, 0.2) is 36.7 Å². The molecule has 2 rings (SSSR count). The molecule has 0 unspecified atom stereocenters. The molecule has 0 aromatic heterocycles. The maximum atomic E-state index is 5.60. The van der Waals surface area contributed by atoms with Crippen LogP contribution < -0.4 is 10.6 Å². The van der Waals surface area contributed by atoms with Crippen molar-refractivity contribution in [3.05, 3.63) is 47.8 Å². The number of rotatable bonds is 5. The van der Waals surface area contributed by atoms with Gasteiger partial charge in [-0.1, -0.05) is 30.8 Å². The molecule has 86 valence electrons. The molecule has 1 aliphatic carbocycles. The van der Waals surface area contributed by atoms with Crippen LogP contribution in [0, 0.1) is 0 Å². The summed E-state index contributed by atoms with van der Waals surface area (Å²) in [6, 6.07) is 9.06. The summed E-state index contributed by atoms with van der Waals surface area (Å²) in [5, 5.41) is 6.54. The number of hydrogen-bond donors (Lipinski definition) is 2. The Hall–Kier alpha value is -1.15. The van der Waals surface area contributed by atoms with Crippen molar-refractivity contribution in [3.8, 4) is 0 Å². The third kappa shape index (κ3) is 2.70. The fourth-order valence-corrected chi connectivity index (χ4v) is 2.25. The van der Waals surface area contributed by atoms with Gasteiger partial charge in [0, 0.05) is 18.5 Å². The summed E-state index contributed by atoms with van der Waals surface area (Å²) in [5.74, 6) is 1.48. The third-order valence-corrected chi connectivity index (χ3v) is 3.05. The molecule has 0 saturated carbocycles. The molecule has 2 N–H and O–H groups in total. The summed E-state index contributed by atoms with van der Waals surface area (Å²) < 4.78 is 0. The number of fused-ring (bicyclic) bond motifs is 1. The Balaban J connectivity index is 1.85. The Morgan fingerprint density at radius 2 is 1.94 bits per heavy atom. The van der Waals surface area contributed by atoms with Crippen molar-refractivity contribution in [2.75, 3.05) is 12.4 Å². The number of benzene rings is 1. The van der Waals surface area contributed by atoms with E-state index in [1.807, 2.05) is 0 Å². The molecule has 0 amide bonds. The zero-order valence-corrected chi connectivity index (χ0v) is 10.1. The van der Waals surface area contributed by atoms with E-state index >= 15 is 0 Å². The van der Waals surface area contributed by atoms with Gasteiger partial charge in [0.15, 0.2) is 0 Å². The lowest BCUT2D eigenvalue weighted by molar-refractivity contribution is 0.564. The van der Waals surface area contributed by atoms with Gasteiger partial charge in [0.1, 0.15) is 0 Å². The molecule has 0 bridgehead atoms. The smallest absolute Gasteiger partial charge is 0.0915 e. The van der Waals surface area contributed by atoms with Crippen molar-refractivity contribution in [2.24, 2.45) is 0 Å². The van der Waals surface area contributed by atoms with Gasteiger partial charge in [-0.05, 0) is 24.0 Å². The minimum absolute atomic E-state index is 0.465. The zero-order chi connectivity index (χ0) is 11.4. The molecule has 16 heavy (non-hydrogen) atoms. The summed E-state index contributed by atoms with van der Waals surface area (Å²) in [5.41, 5.74) is 2.90. The summed E-state index contributed by atoms with van der Waals surface area (Å²) in [6.07, 6.45) is 2.16. The molecule has 0 aliphatic heterocycles. The van der Waals surface area contributed by atoms with Gasteiger partial charge < -0.3 is 10.6 Å². The molecule has 0 radical (unpaired) electrons. The van der Waals surface area contributed by atoms with E-state index in [0.29, 0.717) is 11.9 Å². The van der Waals surface area contributed by atoms with Crippen LogP contribution in [0.4, 0.5) is 0 Å². The largest absolute Gasteiger partial charge is 0.371 e. The van der Waals surface area contributed by atoms with Gasteiger partial charge in [0.05, 0.1) is 5.82 Å². The highest BCUT2D eigenvalue weighted by Crippen LogP contribution is 2.21. The van der Waals surface area contributed by atoms with E-state index in [-0.39, 0.29) is 0 Å². The summed E-state index contributed by atoms with van der Waals surface area (Å²) in [6.45, 7) is 4.69. The molecule has 1 aromatic carbocycles. The molecule has 1 aromatic rings. The molecule has 0 fully saturated rings. The standard InChI is InChI=1S/C13H17ClN2/c1-10(15-7-6-14)16-13-8-11-4-2-3-5-12(11)9-13/h2-5,13,15-16H,1,6-9H2. The minimum atomic E-state index is 0.465. The maximum absolute atomic E-state index is 5.60. The molecular weight excluding hydrogens is 220 g/mol. The van der Waals surface area contributed by atoms with Gasteiger partial charge in [-0.25, -0.2) is 0 Å². The number of alkyl halides is 1. The van der Waals surface area contributed by atoms with Gasteiger partial charge in [0.2, 0.25) is 0 Å². The fourth-order valence-electron chi connectivity index (χ4n) is 2.16. The Morgan fingerprint density at radius 1 is 1.31 bits per heavy atom. The van der Waals surface area contributed by atoms with Crippen LogP contribution in [0.2, 0.25) is 0 Å². The molecule has 2 nitrogen and oxygen atoms in total. The minimum Gasteiger partial charge on any atom is -0.371 e. The second-order valence-electron chi connectivity index (χ2n) is 4.11. The van der Waals surface area contributed by atoms with E-state index in [1.165, 1.54) is 11.1 Å². The van der Waals surface area contributed by atoms with Crippen molar-refractivity contribution < 1.29 is 0 Å². The Morgan fingerprint density at radius 3 is 2.50 bits per heavy atom. The van der Waals surface area contributed by atoms with Crippen molar-refractivity contribution in [1.82, 2.24) is 10.6 Å². The van der Waals surface area contributed by atoms with Crippen LogP contribution in [-0.4, -0.2) is 18.5 Å². The van der Waals surface area contributed by atoms with Crippen LogP contribution in [0.5, 0.6) is 0 Å². The first-order valence-corrected chi connectivity index (χ1v) is 6.15. The number of hydrogen-bond acceptors (Lipinski definition) is 2. The first-order chi connectivity index (χ1) is 7.79. The molecule has 3 heteroatoms. The first-order valence-electron chi connectivity index (χ1n) is 5.61. The van der Waals surface area contributed by atoms with Gasteiger partial charge in [0.25, 0.3) is 0 Å². The van der Waals surface area contributed by atoms with E-state index in [9.17, 15) is 0 Å². The maximum Gasteiger partial charge on any atom is 0.0915 e. The number of halogens is 1. The second-order valence-corrected chi connectivity index (χ2v) is 4.49. The molecule has 0 heterocycles.